The van der Waals surface area contributed by atoms with E-state index in [0.29, 0.717) is 31.8 Å². The van der Waals surface area contributed by atoms with Crippen LogP contribution in [0.15, 0.2) is 18.2 Å². The van der Waals surface area contributed by atoms with E-state index in [2.05, 4.69) is 0 Å². The van der Waals surface area contributed by atoms with Crippen LogP contribution in [-0.4, -0.2) is 49.3 Å². The summed E-state index contributed by atoms with van der Waals surface area (Å²) in [6, 6.07) is 4.96. The highest BCUT2D eigenvalue weighted by Crippen LogP contribution is 2.19. The van der Waals surface area contributed by atoms with Crippen molar-refractivity contribution in [1.82, 2.24) is 4.90 Å². The molecule has 5 nitrogen and oxygen atoms in total. The quantitative estimate of drug-likeness (QED) is 0.783. The van der Waals surface area contributed by atoms with Crippen molar-refractivity contribution in [2.75, 3.05) is 33.4 Å². The Morgan fingerprint density at radius 1 is 1.44 bits per heavy atom. The minimum absolute atomic E-state index is 0.00922. The molecule has 0 atom stereocenters. The number of phenols is 1. The van der Waals surface area contributed by atoms with Gasteiger partial charge in [-0.1, -0.05) is 11.6 Å². The van der Waals surface area contributed by atoms with Crippen LogP contribution in [-0.2, 0) is 4.74 Å². The zero-order valence-corrected chi connectivity index (χ0v) is 10.8. The van der Waals surface area contributed by atoms with Gasteiger partial charge in [-0.05, 0) is 19.1 Å². The summed E-state index contributed by atoms with van der Waals surface area (Å²) in [6.07, 6.45) is 0. The van der Waals surface area contributed by atoms with E-state index in [1.165, 1.54) is 6.07 Å². The molecule has 1 aromatic carbocycles. The van der Waals surface area contributed by atoms with E-state index in [4.69, 9.17) is 10.5 Å². The SMILES string of the molecule is COCCN(CCN)C(=O)c1cc(C)ccc1O. The Morgan fingerprint density at radius 2 is 2.17 bits per heavy atom. The first-order valence-electron chi connectivity index (χ1n) is 5.88. The van der Waals surface area contributed by atoms with Crippen molar-refractivity contribution in [3.63, 3.8) is 0 Å². The molecule has 0 radical (unpaired) electrons. The van der Waals surface area contributed by atoms with Gasteiger partial charge in [0.1, 0.15) is 5.75 Å². The molecule has 1 amide bonds. The monoisotopic (exact) mass is 252 g/mol. The van der Waals surface area contributed by atoms with E-state index in [-0.39, 0.29) is 11.7 Å². The normalized spacial score (nSPS) is 10.4. The average molecular weight is 252 g/mol. The van der Waals surface area contributed by atoms with Crippen LogP contribution in [0.2, 0.25) is 0 Å². The van der Waals surface area contributed by atoms with Gasteiger partial charge in [0.2, 0.25) is 0 Å². The van der Waals surface area contributed by atoms with Crippen molar-refractivity contribution >= 4 is 5.91 Å². The molecule has 0 spiro atoms. The highest BCUT2D eigenvalue weighted by atomic mass is 16.5. The predicted molar refractivity (Wildman–Crippen MR) is 69.7 cm³/mol. The molecular formula is C13H20N2O3. The standard InChI is InChI=1S/C13H20N2O3/c1-10-3-4-12(16)11(9-10)13(17)15(6-5-14)7-8-18-2/h3-4,9,16H,5-8,14H2,1-2H3. The van der Waals surface area contributed by atoms with Crippen LogP contribution in [0.4, 0.5) is 0 Å². The third-order valence-corrected chi connectivity index (χ3v) is 2.63. The van der Waals surface area contributed by atoms with Crippen LogP contribution in [0.3, 0.4) is 0 Å². The number of aryl methyl sites for hydroxylation is 1. The second-order valence-electron chi connectivity index (χ2n) is 4.09. The van der Waals surface area contributed by atoms with Crippen molar-refractivity contribution in [3.8, 4) is 5.75 Å². The lowest BCUT2D eigenvalue weighted by Gasteiger charge is -2.22. The van der Waals surface area contributed by atoms with Gasteiger partial charge in [0.05, 0.1) is 12.2 Å². The number of rotatable bonds is 6. The topological polar surface area (TPSA) is 75.8 Å². The molecule has 0 aliphatic carbocycles. The highest BCUT2D eigenvalue weighted by molar-refractivity contribution is 5.97. The predicted octanol–water partition coefficient (Wildman–Crippen LogP) is 0.748. The van der Waals surface area contributed by atoms with Crippen molar-refractivity contribution in [2.24, 2.45) is 5.73 Å². The van der Waals surface area contributed by atoms with Gasteiger partial charge in [0.15, 0.2) is 0 Å². The second kappa shape index (κ2) is 6.98. The van der Waals surface area contributed by atoms with Gasteiger partial charge in [-0.2, -0.15) is 0 Å². The Kier molecular flexibility index (Phi) is 5.61. The number of carbonyl (C=O) groups excluding carboxylic acids is 1. The minimum Gasteiger partial charge on any atom is -0.507 e. The number of hydrogen-bond donors (Lipinski definition) is 2. The van der Waals surface area contributed by atoms with Crippen molar-refractivity contribution in [1.29, 1.82) is 0 Å². The molecule has 0 aliphatic rings. The van der Waals surface area contributed by atoms with Crippen molar-refractivity contribution in [3.05, 3.63) is 29.3 Å². The molecule has 0 aromatic heterocycles. The maximum absolute atomic E-state index is 12.3. The number of phenolic OH excluding ortho intramolecular Hbond substituents is 1. The van der Waals surface area contributed by atoms with E-state index in [9.17, 15) is 9.90 Å². The summed E-state index contributed by atoms with van der Waals surface area (Å²) in [5.41, 5.74) is 6.72. The number of methoxy groups -OCH3 is 1. The Labute approximate surface area is 107 Å². The molecule has 0 heterocycles. The van der Waals surface area contributed by atoms with Crippen LogP contribution in [0.5, 0.6) is 5.75 Å². The van der Waals surface area contributed by atoms with E-state index < -0.39 is 0 Å². The molecule has 5 heteroatoms. The molecule has 0 fully saturated rings. The smallest absolute Gasteiger partial charge is 0.257 e. The van der Waals surface area contributed by atoms with Crippen LogP contribution >= 0.6 is 0 Å². The molecule has 0 saturated heterocycles. The van der Waals surface area contributed by atoms with Gasteiger partial charge in [-0.25, -0.2) is 0 Å². The molecule has 1 aromatic rings. The first-order valence-corrected chi connectivity index (χ1v) is 5.88. The molecule has 0 unspecified atom stereocenters. The largest absolute Gasteiger partial charge is 0.507 e. The number of ether oxygens (including phenoxy) is 1. The maximum Gasteiger partial charge on any atom is 0.257 e. The maximum atomic E-state index is 12.3. The van der Waals surface area contributed by atoms with Crippen LogP contribution in [0, 0.1) is 6.92 Å². The second-order valence-corrected chi connectivity index (χ2v) is 4.09. The number of aromatic hydroxyl groups is 1. The number of amides is 1. The van der Waals surface area contributed by atoms with Gasteiger partial charge in [0.25, 0.3) is 5.91 Å². The summed E-state index contributed by atoms with van der Waals surface area (Å²) in [6.45, 7) is 3.59. The van der Waals surface area contributed by atoms with Gasteiger partial charge < -0.3 is 20.5 Å². The Morgan fingerprint density at radius 3 is 2.78 bits per heavy atom. The molecule has 100 valence electrons. The molecule has 3 N–H and O–H groups in total. The fourth-order valence-corrected chi connectivity index (χ4v) is 1.66. The minimum atomic E-state index is -0.223. The van der Waals surface area contributed by atoms with Crippen LogP contribution < -0.4 is 5.73 Å². The molecule has 0 bridgehead atoms. The highest BCUT2D eigenvalue weighted by Gasteiger charge is 2.18. The van der Waals surface area contributed by atoms with Gasteiger partial charge in [-0.3, -0.25) is 4.79 Å². The van der Waals surface area contributed by atoms with E-state index in [1.807, 2.05) is 6.92 Å². The fourth-order valence-electron chi connectivity index (χ4n) is 1.66. The van der Waals surface area contributed by atoms with Gasteiger partial charge >= 0.3 is 0 Å². The number of benzene rings is 1. The summed E-state index contributed by atoms with van der Waals surface area (Å²) in [5.74, 6) is -0.233. The van der Waals surface area contributed by atoms with E-state index >= 15 is 0 Å². The third kappa shape index (κ3) is 3.72. The van der Waals surface area contributed by atoms with Gasteiger partial charge in [0, 0.05) is 26.7 Å². The summed E-state index contributed by atoms with van der Waals surface area (Å²) in [4.78, 5) is 13.8. The number of nitrogens with two attached hydrogens (primary N) is 1. The van der Waals surface area contributed by atoms with Gasteiger partial charge in [-0.15, -0.1) is 0 Å². The molecule has 1 rings (SSSR count). The third-order valence-electron chi connectivity index (χ3n) is 2.63. The molecular weight excluding hydrogens is 232 g/mol. The first-order chi connectivity index (χ1) is 8.60. The van der Waals surface area contributed by atoms with Crippen LogP contribution in [0.1, 0.15) is 15.9 Å². The summed E-state index contributed by atoms with van der Waals surface area (Å²) in [7, 11) is 1.58. The van der Waals surface area contributed by atoms with Crippen molar-refractivity contribution < 1.29 is 14.6 Å². The number of carbonyl (C=O) groups is 1. The van der Waals surface area contributed by atoms with Crippen LogP contribution in [0.25, 0.3) is 0 Å². The van der Waals surface area contributed by atoms with E-state index in [1.54, 1.807) is 24.1 Å². The zero-order valence-electron chi connectivity index (χ0n) is 10.8. The average Bonchev–Trinajstić information content (AvgIpc) is 2.36. The van der Waals surface area contributed by atoms with E-state index in [0.717, 1.165) is 5.56 Å². The summed E-state index contributed by atoms with van der Waals surface area (Å²) in [5, 5.41) is 9.74. The fraction of sp³-hybridized carbons (Fsp3) is 0.462. The Bertz CT molecular complexity index is 407. The Hall–Kier alpha value is -1.59. The first kappa shape index (κ1) is 14.5. The molecule has 0 saturated carbocycles. The Balaban J connectivity index is 2.90. The number of nitrogens with zero attached hydrogens (tertiary/aromatic N) is 1. The molecule has 18 heavy (non-hydrogen) atoms. The zero-order chi connectivity index (χ0) is 13.5. The lowest BCUT2D eigenvalue weighted by atomic mass is 10.1. The van der Waals surface area contributed by atoms with Crippen molar-refractivity contribution in [2.45, 2.75) is 6.92 Å². The summed E-state index contributed by atoms with van der Waals surface area (Å²) >= 11 is 0. The molecule has 0 aliphatic heterocycles. The summed E-state index contributed by atoms with van der Waals surface area (Å²) < 4.78 is 4.96. The number of hydrogen-bond acceptors (Lipinski definition) is 4. The lowest BCUT2D eigenvalue weighted by Crippen LogP contribution is -2.37. The lowest BCUT2D eigenvalue weighted by molar-refractivity contribution is 0.0698.